The number of non-ortho nitro benzene ring substituents is 1. The van der Waals surface area contributed by atoms with Gasteiger partial charge in [0.05, 0.1) is 4.92 Å². The van der Waals surface area contributed by atoms with Crippen LogP contribution in [0.2, 0.25) is 0 Å². The fraction of sp³-hybridized carbons (Fsp3) is 0.455. The van der Waals surface area contributed by atoms with Crippen molar-refractivity contribution in [3.8, 4) is 0 Å². The standard InChI is InChI=1S/C11H16N2O3/c1-9(5-6-14)12-8-10-3-2-4-11(7-10)13(15)16/h2-4,7,9,12,14H,5-6,8H2,1H3/t9-/m1/s1. The summed E-state index contributed by atoms with van der Waals surface area (Å²) in [6, 6.07) is 6.74. The van der Waals surface area contributed by atoms with Crippen molar-refractivity contribution in [2.45, 2.75) is 25.9 Å². The van der Waals surface area contributed by atoms with Crippen LogP contribution in [0.5, 0.6) is 0 Å². The van der Waals surface area contributed by atoms with E-state index >= 15 is 0 Å². The number of aliphatic hydroxyl groups excluding tert-OH is 1. The molecule has 5 nitrogen and oxygen atoms in total. The molecule has 0 amide bonds. The number of aliphatic hydroxyl groups is 1. The molecule has 0 unspecified atom stereocenters. The molecule has 0 aliphatic rings. The highest BCUT2D eigenvalue weighted by Crippen LogP contribution is 2.12. The smallest absolute Gasteiger partial charge is 0.269 e. The van der Waals surface area contributed by atoms with Gasteiger partial charge in [-0.15, -0.1) is 0 Å². The maximum Gasteiger partial charge on any atom is 0.269 e. The van der Waals surface area contributed by atoms with Crippen molar-refractivity contribution in [1.29, 1.82) is 0 Å². The SMILES string of the molecule is C[C@H](CCO)NCc1cccc([N+](=O)[O-])c1. The molecule has 1 aromatic rings. The van der Waals surface area contributed by atoms with Gasteiger partial charge in [-0.05, 0) is 18.9 Å². The van der Waals surface area contributed by atoms with Crippen LogP contribution in [0.25, 0.3) is 0 Å². The maximum atomic E-state index is 10.5. The Kier molecular flexibility index (Phi) is 4.88. The van der Waals surface area contributed by atoms with E-state index in [2.05, 4.69) is 5.32 Å². The van der Waals surface area contributed by atoms with Crippen molar-refractivity contribution in [1.82, 2.24) is 5.32 Å². The minimum Gasteiger partial charge on any atom is -0.396 e. The number of nitro benzene ring substituents is 1. The van der Waals surface area contributed by atoms with E-state index in [1.165, 1.54) is 6.07 Å². The summed E-state index contributed by atoms with van der Waals surface area (Å²) in [5, 5.41) is 22.5. The van der Waals surface area contributed by atoms with Crippen LogP contribution in [0, 0.1) is 10.1 Å². The van der Waals surface area contributed by atoms with Crippen molar-refractivity contribution in [2.24, 2.45) is 0 Å². The van der Waals surface area contributed by atoms with Gasteiger partial charge in [0.25, 0.3) is 5.69 Å². The predicted octanol–water partition coefficient (Wildman–Crippen LogP) is 1.46. The Balaban J connectivity index is 2.54. The summed E-state index contributed by atoms with van der Waals surface area (Å²) in [7, 11) is 0. The number of benzene rings is 1. The lowest BCUT2D eigenvalue weighted by Crippen LogP contribution is -2.26. The molecular formula is C11H16N2O3. The van der Waals surface area contributed by atoms with Gasteiger partial charge in [0.2, 0.25) is 0 Å². The number of hydrogen-bond acceptors (Lipinski definition) is 4. The van der Waals surface area contributed by atoms with Crippen LogP contribution < -0.4 is 5.32 Å². The van der Waals surface area contributed by atoms with Crippen molar-refractivity contribution in [3.05, 3.63) is 39.9 Å². The minimum absolute atomic E-state index is 0.106. The van der Waals surface area contributed by atoms with Gasteiger partial charge in [0.1, 0.15) is 0 Å². The first-order chi connectivity index (χ1) is 7.63. The van der Waals surface area contributed by atoms with Gasteiger partial charge in [0.15, 0.2) is 0 Å². The zero-order valence-corrected chi connectivity index (χ0v) is 9.22. The van der Waals surface area contributed by atoms with E-state index in [1.807, 2.05) is 13.0 Å². The molecule has 0 radical (unpaired) electrons. The Labute approximate surface area is 94.3 Å². The Hall–Kier alpha value is -1.46. The van der Waals surface area contributed by atoms with E-state index in [4.69, 9.17) is 5.11 Å². The molecule has 0 saturated carbocycles. The van der Waals surface area contributed by atoms with Crippen LogP contribution >= 0.6 is 0 Å². The van der Waals surface area contributed by atoms with Crippen LogP contribution in [0.15, 0.2) is 24.3 Å². The van der Waals surface area contributed by atoms with E-state index in [0.717, 1.165) is 5.56 Å². The maximum absolute atomic E-state index is 10.5. The number of nitrogens with one attached hydrogen (secondary N) is 1. The van der Waals surface area contributed by atoms with Gasteiger partial charge >= 0.3 is 0 Å². The fourth-order valence-electron chi connectivity index (χ4n) is 1.37. The Morgan fingerprint density at radius 3 is 2.94 bits per heavy atom. The molecule has 0 bridgehead atoms. The van der Waals surface area contributed by atoms with Gasteiger partial charge in [-0.25, -0.2) is 0 Å². The fourth-order valence-corrected chi connectivity index (χ4v) is 1.37. The zero-order chi connectivity index (χ0) is 12.0. The first kappa shape index (κ1) is 12.6. The summed E-state index contributed by atoms with van der Waals surface area (Å²) < 4.78 is 0. The molecule has 0 saturated heterocycles. The van der Waals surface area contributed by atoms with Gasteiger partial charge in [0, 0.05) is 31.3 Å². The van der Waals surface area contributed by atoms with E-state index < -0.39 is 4.92 Å². The molecule has 16 heavy (non-hydrogen) atoms. The van der Waals surface area contributed by atoms with Crippen LogP contribution in [0.3, 0.4) is 0 Å². The van der Waals surface area contributed by atoms with E-state index in [1.54, 1.807) is 12.1 Å². The number of hydrogen-bond donors (Lipinski definition) is 2. The van der Waals surface area contributed by atoms with E-state index in [9.17, 15) is 10.1 Å². The van der Waals surface area contributed by atoms with Gasteiger partial charge in [-0.1, -0.05) is 12.1 Å². The number of nitrogens with zero attached hydrogens (tertiary/aromatic N) is 1. The third-order valence-electron chi connectivity index (χ3n) is 2.34. The second-order valence-corrected chi connectivity index (χ2v) is 3.72. The molecule has 0 fully saturated rings. The van der Waals surface area contributed by atoms with E-state index in [-0.39, 0.29) is 18.3 Å². The quantitative estimate of drug-likeness (QED) is 0.566. The molecule has 0 spiro atoms. The number of nitro groups is 1. The molecule has 1 rings (SSSR count). The molecule has 2 N–H and O–H groups in total. The summed E-state index contributed by atoms with van der Waals surface area (Å²) in [4.78, 5) is 10.1. The van der Waals surface area contributed by atoms with Gasteiger partial charge in [-0.3, -0.25) is 10.1 Å². The average molecular weight is 224 g/mol. The normalized spacial score (nSPS) is 12.4. The first-order valence-electron chi connectivity index (χ1n) is 5.21. The predicted molar refractivity (Wildman–Crippen MR) is 61.1 cm³/mol. The summed E-state index contributed by atoms with van der Waals surface area (Å²) in [6.07, 6.45) is 0.676. The van der Waals surface area contributed by atoms with Gasteiger partial charge in [-0.2, -0.15) is 0 Å². The van der Waals surface area contributed by atoms with E-state index in [0.29, 0.717) is 13.0 Å². The average Bonchev–Trinajstić information content (AvgIpc) is 2.27. The summed E-state index contributed by atoms with van der Waals surface area (Å²) in [6.45, 7) is 2.68. The highest BCUT2D eigenvalue weighted by atomic mass is 16.6. The Morgan fingerprint density at radius 2 is 2.31 bits per heavy atom. The summed E-state index contributed by atoms with van der Waals surface area (Å²) >= 11 is 0. The third-order valence-corrected chi connectivity index (χ3v) is 2.34. The topological polar surface area (TPSA) is 75.4 Å². The lowest BCUT2D eigenvalue weighted by Gasteiger charge is -2.11. The highest BCUT2D eigenvalue weighted by molar-refractivity contribution is 5.34. The lowest BCUT2D eigenvalue weighted by atomic mass is 10.2. The van der Waals surface area contributed by atoms with Crippen LogP contribution in [0.1, 0.15) is 18.9 Å². The molecule has 0 heterocycles. The second-order valence-electron chi connectivity index (χ2n) is 3.72. The van der Waals surface area contributed by atoms with Crippen molar-refractivity contribution in [2.75, 3.05) is 6.61 Å². The molecule has 88 valence electrons. The monoisotopic (exact) mass is 224 g/mol. The van der Waals surface area contributed by atoms with Crippen molar-refractivity contribution < 1.29 is 10.0 Å². The largest absolute Gasteiger partial charge is 0.396 e. The summed E-state index contributed by atoms with van der Waals surface area (Å²) in [5.74, 6) is 0. The van der Waals surface area contributed by atoms with Crippen LogP contribution in [-0.2, 0) is 6.54 Å². The molecule has 0 aliphatic carbocycles. The Bertz CT molecular complexity index is 355. The third kappa shape index (κ3) is 3.96. The molecular weight excluding hydrogens is 208 g/mol. The van der Waals surface area contributed by atoms with Crippen LogP contribution in [0.4, 0.5) is 5.69 Å². The lowest BCUT2D eigenvalue weighted by molar-refractivity contribution is -0.384. The molecule has 5 heteroatoms. The molecule has 0 aromatic heterocycles. The van der Waals surface area contributed by atoms with Gasteiger partial charge < -0.3 is 10.4 Å². The Morgan fingerprint density at radius 1 is 1.56 bits per heavy atom. The van der Waals surface area contributed by atoms with Crippen molar-refractivity contribution >= 4 is 5.69 Å². The summed E-state index contributed by atoms with van der Waals surface area (Å²) in [5.41, 5.74) is 0.980. The minimum atomic E-state index is -0.402. The molecule has 1 atom stereocenters. The first-order valence-corrected chi connectivity index (χ1v) is 5.21. The van der Waals surface area contributed by atoms with Crippen LogP contribution in [-0.4, -0.2) is 22.7 Å². The highest BCUT2D eigenvalue weighted by Gasteiger charge is 2.06. The second kappa shape index (κ2) is 6.19. The van der Waals surface area contributed by atoms with Crippen molar-refractivity contribution in [3.63, 3.8) is 0 Å². The number of rotatable bonds is 6. The molecule has 0 aliphatic heterocycles. The zero-order valence-electron chi connectivity index (χ0n) is 9.22. The molecule has 1 aromatic carbocycles.